The highest BCUT2D eigenvalue weighted by Crippen LogP contribution is 2.11. The second-order valence-corrected chi connectivity index (χ2v) is 6.66. The van der Waals surface area contributed by atoms with Gasteiger partial charge in [0.25, 0.3) is 0 Å². The Morgan fingerprint density at radius 3 is 2.70 bits per heavy atom. The van der Waals surface area contributed by atoms with Crippen LogP contribution in [0.3, 0.4) is 0 Å². The highest BCUT2D eigenvalue weighted by Gasteiger charge is 2.09. The number of rotatable bonds is 6. The van der Waals surface area contributed by atoms with Gasteiger partial charge in [0.05, 0.1) is 24.7 Å². The van der Waals surface area contributed by atoms with Crippen LogP contribution in [0.15, 0.2) is 29.9 Å². The van der Waals surface area contributed by atoms with Crippen molar-refractivity contribution in [3.05, 3.63) is 40.5 Å². The lowest BCUT2D eigenvalue weighted by molar-refractivity contribution is 0.308. The Morgan fingerprint density at radius 2 is 2.10 bits per heavy atom. The molecule has 1 N–H and O–H groups in total. The van der Waals surface area contributed by atoms with Crippen LogP contribution in [0.4, 0.5) is 0 Å². The van der Waals surface area contributed by atoms with Crippen molar-refractivity contribution < 1.29 is 4.74 Å². The number of hydrogen-bond acceptors (Lipinski definition) is 5. The van der Waals surface area contributed by atoms with Crippen LogP contribution in [-0.4, -0.2) is 22.1 Å². The number of ether oxygens (including phenoxy) is 1. The van der Waals surface area contributed by atoms with E-state index in [1.54, 1.807) is 23.7 Å². The molecule has 5 heteroatoms. The average molecular weight is 291 g/mol. The largest absolute Gasteiger partial charge is 0.476 e. The molecule has 2 heterocycles. The Kier molecular flexibility index (Phi) is 5.09. The molecule has 0 saturated carbocycles. The van der Waals surface area contributed by atoms with Crippen LogP contribution in [0.1, 0.15) is 31.3 Å². The van der Waals surface area contributed by atoms with Gasteiger partial charge in [0, 0.05) is 23.4 Å². The van der Waals surface area contributed by atoms with Crippen molar-refractivity contribution in [2.45, 2.75) is 39.3 Å². The van der Waals surface area contributed by atoms with E-state index in [-0.39, 0.29) is 5.54 Å². The fraction of sp³-hybridized carbons (Fsp3) is 0.467. The fourth-order valence-electron chi connectivity index (χ4n) is 1.58. The lowest BCUT2D eigenvalue weighted by Crippen LogP contribution is -2.35. The predicted octanol–water partition coefficient (Wildman–Crippen LogP) is 3.05. The van der Waals surface area contributed by atoms with Gasteiger partial charge >= 0.3 is 0 Å². The van der Waals surface area contributed by atoms with Crippen LogP contribution in [-0.2, 0) is 13.0 Å². The third kappa shape index (κ3) is 5.27. The first-order valence-corrected chi connectivity index (χ1v) is 7.62. The van der Waals surface area contributed by atoms with Crippen molar-refractivity contribution in [2.75, 3.05) is 6.61 Å². The molecule has 0 fully saturated rings. The number of nitrogens with zero attached hydrogens (tertiary/aromatic N) is 2. The van der Waals surface area contributed by atoms with Crippen LogP contribution in [0.2, 0.25) is 0 Å². The van der Waals surface area contributed by atoms with E-state index in [2.05, 4.69) is 53.6 Å². The first kappa shape index (κ1) is 14.9. The first-order chi connectivity index (χ1) is 9.53. The number of nitrogens with one attached hydrogen (secondary N) is 1. The standard InChI is InChI=1S/C15H21N3OS/c1-15(2,3)18-10-12-9-17-14(11-16-12)19-7-6-13-5-4-8-20-13/h4-5,8-9,11,18H,6-7,10H2,1-3H3. The molecule has 0 aliphatic rings. The molecular weight excluding hydrogens is 270 g/mol. The second-order valence-electron chi connectivity index (χ2n) is 5.63. The molecule has 2 aromatic heterocycles. The van der Waals surface area contributed by atoms with Crippen LogP contribution in [0.25, 0.3) is 0 Å². The van der Waals surface area contributed by atoms with Crippen LogP contribution < -0.4 is 10.1 Å². The van der Waals surface area contributed by atoms with Gasteiger partial charge in [0.1, 0.15) is 0 Å². The molecule has 20 heavy (non-hydrogen) atoms. The van der Waals surface area contributed by atoms with Crippen molar-refractivity contribution in [2.24, 2.45) is 0 Å². The summed E-state index contributed by atoms with van der Waals surface area (Å²) in [6.07, 6.45) is 4.36. The summed E-state index contributed by atoms with van der Waals surface area (Å²) >= 11 is 1.75. The van der Waals surface area contributed by atoms with Gasteiger partial charge < -0.3 is 10.1 Å². The van der Waals surface area contributed by atoms with E-state index in [0.717, 1.165) is 12.1 Å². The van der Waals surface area contributed by atoms with Crippen LogP contribution in [0.5, 0.6) is 5.88 Å². The van der Waals surface area contributed by atoms with Crippen molar-refractivity contribution in [1.29, 1.82) is 0 Å². The summed E-state index contributed by atoms with van der Waals surface area (Å²) in [5.41, 5.74) is 1.00. The minimum absolute atomic E-state index is 0.0809. The molecule has 0 atom stereocenters. The molecule has 2 aromatic rings. The lowest BCUT2D eigenvalue weighted by atomic mass is 10.1. The Bertz CT molecular complexity index is 503. The lowest BCUT2D eigenvalue weighted by Gasteiger charge is -2.19. The van der Waals surface area contributed by atoms with Gasteiger partial charge in [0.15, 0.2) is 0 Å². The molecule has 2 rings (SSSR count). The number of hydrogen-bond donors (Lipinski definition) is 1. The summed E-state index contributed by atoms with van der Waals surface area (Å²) in [7, 11) is 0. The Labute approximate surface area is 124 Å². The van der Waals surface area contributed by atoms with Crippen LogP contribution in [0, 0.1) is 0 Å². The zero-order chi connectivity index (χ0) is 14.4. The van der Waals surface area contributed by atoms with Crippen molar-refractivity contribution in [3.63, 3.8) is 0 Å². The van der Waals surface area contributed by atoms with Gasteiger partial charge in [-0.1, -0.05) is 6.07 Å². The van der Waals surface area contributed by atoms with Gasteiger partial charge in [0.2, 0.25) is 5.88 Å². The van der Waals surface area contributed by atoms with Gasteiger partial charge in [-0.2, -0.15) is 0 Å². The highest BCUT2D eigenvalue weighted by molar-refractivity contribution is 7.09. The summed E-state index contributed by atoms with van der Waals surface area (Å²) < 4.78 is 5.59. The quantitative estimate of drug-likeness (QED) is 0.888. The average Bonchev–Trinajstić information content (AvgIpc) is 2.90. The zero-order valence-corrected chi connectivity index (χ0v) is 13.0. The summed E-state index contributed by atoms with van der Waals surface area (Å²) in [6, 6.07) is 4.16. The predicted molar refractivity (Wildman–Crippen MR) is 82.1 cm³/mol. The van der Waals surface area contributed by atoms with E-state index in [1.807, 2.05) is 0 Å². The molecule has 0 spiro atoms. The first-order valence-electron chi connectivity index (χ1n) is 6.74. The zero-order valence-electron chi connectivity index (χ0n) is 12.2. The van der Waals surface area contributed by atoms with E-state index in [0.29, 0.717) is 19.0 Å². The molecule has 0 bridgehead atoms. The molecule has 0 aromatic carbocycles. The van der Waals surface area contributed by atoms with E-state index in [4.69, 9.17) is 4.74 Å². The Balaban J connectivity index is 1.76. The maximum atomic E-state index is 5.59. The molecular formula is C15H21N3OS. The monoisotopic (exact) mass is 291 g/mol. The minimum atomic E-state index is 0.0809. The Hall–Kier alpha value is -1.46. The molecule has 0 amide bonds. The molecule has 0 aliphatic heterocycles. The van der Waals surface area contributed by atoms with Crippen molar-refractivity contribution in [1.82, 2.24) is 15.3 Å². The van der Waals surface area contributed by atoms with Gasteiger partial charge in [-0.25, -0.2) is 4.98 Å². The van der Waals surface area contributed by atoms with Crippen LogP contribution >= 0.6 is 11.3 Å². The molecule has 0 unspecified atom stereocenters. The highest BCUT2D eigenvalue weighted by atomic mass is 32.1. The molecule has 0 radical (unpaired) electrons. The van der Waals surface area contributed by atoms with Crippen molar-refractivity contribution in [3.8, 4) is 5.88 Å². The van der Waals surface area contributed by atoms with Gasteiger partial charge in [-0.15, -0.1) is 11.3 Å². The third-order valence-electron chi connectivity index (χ3n) is 2.66. The van der Waals surface area contributed by atoms with E-state index in [1.165, 1.54) is 4.88 Å². The van der Waals surface area contributed by atoms with Gasteiger partial charge in [-0.3, -0.25) is 4.98 Å². The smallest absolute Gasteiger partial charge is 0.232 e. The number of thiophene rings is 1. The topological polar surface area (TPSA) is 47.0 Å². The SMILES string of the molecule is CC(C)(C)NCc1cnc(OCCc2cccs2)cn1. The maximum absolute atomic E-state index is 5.59. The van der Waals surface area contributed by atoms with Gasteiger partial charge in [-0.05, 0) is 32.2 Å². The maximum Gasteiger partial charge on any atom is 0.232 e. The molecule has 0 aliphatic carbocycles. The molecule has 108 valence electrons. The summed E-state index contributed by atoms with van der Waals surface area (Å²) in [6.45, 7) is 7.73. The minimum Gasteiger partial charge on any atom is -0.476 e. The fourth-order valence-corrected chi connectivity index (χ4v) is 2.27. The Morgan fingerprint density at radius 1 is 1.25 bits per heavy atom. The summed E-state index contributed by atoms with van der Waals surface area (Å²) in [5, 5.41) is 5.45. The third-order valence-corrected chi connectivity index (χ3v) is 3.60. The second kappa shape index (κ2) is 6.81. The van der Waals surface area contributed by atoms with E-state index in [9.17, 15) is 0 Å². The van der Waals surface area contributed by atoms with Crippen molar-refractivity contribution >= 4 is 11.3 Å². The molecule has 4 nitrogen and oxygen atoms in total. The summed E-state index contributed by atoms with van der Waals surface area (Å²) in [4.78, 5) is 9.95. The number of aromatic nitrogens is 2. The van der Waals surface area contributed by atoms with E-state index >= 15 is 0 Å². The van der Waals surface area contributed by atoms with E-state index < -0.39 is 0 Å². The molecule has 0 saturated heterocycles. The summed E-state index contributed by atoms with van der Waals surface area (Å²) in [5.74, 6) is 0.584. The normalized spacial score (nSPS) is 11.6.